The predicted octanol–water partition coefficient (Wildman–Crippen LogP) is 3.62. The minimum atomic E-state index is -0.430. The van der Waals surface area contributed by atoms with E-state index in [0.29, 0.717) is 34.2 Å². The van der Waals surface area contributed by atoms with Crippen LogP contribution in [0.2, 0.25) is 0 Å². The number of furan rings is 1. The van der Waals surface area contributed by atoms with Crippen molar-refractivity contribution in [1.29, 1.82) is 0 Å². The lowest BCUT2D eigenvalue weighted by molar-refractivity contribution is 0.0600. The highest BCUT2D eigenvalue weighted by Gasteiger charge is 2.18. The number of carbonyl (C=O) groups excluding carboxylic acids is 1. The number of hydrogen-bond acceptors (Lipinski definition) is 6. The van der Waals surface area contributed by atoms with Crippen molar-refractivity contribution in [3.63, 3.8) is 0 Å². The van der Waals surface area contributed by atoms with E-state index in [1.807, 2.05) is 24.3 Å². The van der Waals surface area contributed by atoms with Crippen LogP contribution in [0.4, 0.5) is 0 Å². The Morgan fingerprint density at radius 1 is 1.04 bits per heavy atom. The fourth-order valence-electron chi connectivity index (χ4n) is 2.70. The van der Waals surface area contributed by atoms with Gasteiger partial charge >= 0.3 is 5.97 Å². The Kier molecular flexibility index (Phi) is 3.30. The zero-order chi connectivity index (χ0) is 16.7. The van der Waals surface area contributed by atoms with Crippen molar-refractivity contribution < 1.29 is 28.2 Å². The van der Waals surface area contributed by atoms with Gasteiger partial charge in [0, 0.05) is 10.9 Å². The van der Waals surface area contributed by atoms with Crippen LogP contribution in [0.25, 0.3) is 22.3 Å². The van der Waals surface area contributed by atoms with Gasteiger partial charge in [-0.2, -0.15) is 0 Å². The number of fused-ring (bicyclic) bond motifs is 2. The quantitative estimate of drug-likeness (QED) is 0.685. The number of hydrogen-bond donors (Lipinski definition) is 0. The number of esters is 1. The molecule has 0 saturated heterocycles. The molecule has 0 bridgehead atoms. The van der Waals surface area contributed by atoms with E-state index in [1.54, 1.807) is 12.1 Å². The van der Waals surface area contributed by atoms with Crippen molar-refractivity contribution in [1.82, 2.24) is 0 Å². The van der Waals surface area contributed by atoms with E-state index in [2.05, 4.69) is 0 Å². The topological polar surface area (TPSA) is 67.1 Å². The van der Waals surface area contributed by atoms with Crippen LogP contribution in [0.15, 0.2) is 40.8 Å². The first-order valence-electron chi connectivity index (χ1n) is 7.29. The molecular formula is C18H14O6. The zero-order valence-corrected chi connectivity index (χ0v) is 13.1. The Labute approximate surface area is 137 Å². The summed E-state index contributed by atoms with van der Waals surface area (Å²) in [5, 5.41) is 0.752. The van der Waals surface area contributed by atoms with E-state index < -0.39 is 5.97 Å². The molecule has 122 valence electrons. The van der Waals surface area contributed by atoms with Crippen LogP contribution < -0.4 is 14.2 Å². The van der Waals surface area contributed by atoms with Gasteiger partial charge in [-0.15, -0.1) is 0 Å². The van der Waals surface area contributed by atoms with Gasteiger partial charge < -0.3 is 23.4 Å². The van der Waals surface area contributed by atoms with Gasteiger partial charge in [0.15, 0.2) is 22.8 Å². The molecule has 0 unspecified atom stereocenters. The average Bonchev–Trinajstić information content (AvgIpc) is 3.25. The highest BCUT2D eigenvalue weighted by atomic mass is 16.7. The van der Waals surface area contributed by atoms with Gasteiger partial charge in [0.05, 0.1) is 19.8 Å². The summed E-state index contributed by atoms with van der Waals surface area (Å²) < 4.78 is 26.8. The molecule has 0 atom stereocenters. The molecule has 0 spiro atoms. The summed E-state index contributed by atoms with van der Waals surface area (Å²) in [7, 11) is 2.87. The SMILES string of the molecule is COC(=O)c1cc(OC)c2oc(-c3ccc4c(c3)OCO4)cc2c1. The fraction of sp³-hybridized carbons (Fsp3) is 0.167. The largest absolute Gasteiger partial charge is 0.493 e. The molecule has 1 aromatic heterocycles. The molecule has 2 aromatic carbocycles. The molecule has 2 heterocycles. The Hall–Kier alpha value is -3.15. The lowest BCUT2D eigenvalue weighted by Crippen LogP contribution is -2.01. The molecule has 0 saturated carbocycles. The van der Waals surface area contributed by atoms with Gasteiger partial charge in [-0.1, -0.05) is 0 Å². The van der Waals surface area contributed by atoms with Gasteiger partial charge in [0.2, 0.25) is 6.79 Å². The molecule has 24 heavy (non-hydrogen) atoms. The molecule has 0 fully saturated rings. The average molecular weight is 326 g/mol. The van der Waals surface area contributed by atoms with Crippen molar-refractivity contribution >= 4 is 16.9 Å². The lowest BCUT2D eigenvalue weighted by atomic mass is 10.1. The third-order valence-electron chi connectivity index (χ3n) is 3.88. The van der Waals surface area contributed by atoms with Crippen LogP contribution >= 0.6 is 0 Å². The summed E-state index contributed by atoms with van der Waals surface area (Å²) in [5.41, 5.74) is 1.81. The van der Waals surface area contributed by atoms with Gasteiger partial charge in [-0.05, 0) is 36.4 Å². The summed E-state index contributed by atoms with van der Waals surface area (Å²) in [5.74, 6) is 2.07. The van der Waals surface area contributed by atoms with Crippen molar-refractivity contribution in [2.45, 2.75) is 0 Å². The molecule has 4 rings (SSSR count). The maximum atomic E-state index is 11.8. The van der Waals surface area contributed by atoms with E-state index in [0.717, 1.165) is 10.9 Å². The van der Waals surface area contributed by atoms with Gasteiger partial charge in [-0.3, -0.25) is 0 Å². The van der Waals surface area contributed by atoms with E-state index >= 15 is 0 Å². The first-order valence-corrected chi connectivity index (χ1v) is 7.29. The standard InChI is InChI=1S/C18H14O6/c1-20-16-8-12(18(19)21-2)5-11-7-14(24-17(11)16)10-3-4-13-15(6-10)23-9-22-13/h3-8H,9H2,1-2H3. The number of rotatable bonds is 3. The third-order valence-corrected chi connectivity index (χ3v) is 3.88. The lowest BCUT2D eigenvalue weighted by Gasteiger charge is -2.04. The van der Waals surface area contributed by atoms with Crippen LogP contribution in [0, 0.1) is 0 Å². The summed E-state index contributed by atoms with van der Waals surface area (Å²) in [6.07, 6.45) is 0. The first kappa shape index (κ1) is 14.4. The fourth-order valence-corrected chi connectivity index (χ4v) is 2.70. The van der Waals surface area contributed by atoms with Crippen molar-refractivity contribution in [3.05, 3.63) is 42.0 Å². The number of ether oxygens (including phenoxy) is 4. The molecule has 3 aromatic rings. The molecule has 0 amide bonds. The molecule has 6 nitrogen and oxygen atoms in total. The van der Waals surface area contributed by atoms with Crippen molar-refractivity contribution in [2.75, 3.05) is 21.0 Å². The normalized spacial score (nSPS) is 12.4. The predicted molar refractivity (Wildman–Crippen MR) is 85.7 cm³/mol. The Morgan fingerprint density at radius 3 is 2.67 bits per heavy atom. The second-order valence-electron chi connectivity index (χ2n) is 5.27. The second kappa shape index (κ2) is 5.49. The highest BCUT2D eigenvalue weighted by Crippen LogP contribution is 2.39. The molecule has 0 aliphatic carbocycles. The third kappa shape index (κ3) is 2.23. The Balaban J connectivity index is 1.84. The first-order chi connectivity index (χ1) is 11.7. The second-order valence-corrected chi connectivity index (χ2v) is 5.27. The maximum Gasteiger partial charge on any atom is 0.338 e. The Bertz CT molecular complexity index is 940. The summed E-state index contributed by atoms with van der Waals surface area (Å²) in [6.45, 7) is 0.217. The van der Waals surface area contributed by atoms with Gasteiger partial charge in [0.25, 0.3) is 0 Å². The number of carbonyl (C=O) groups is 1. The highest BCUT2D eigenvalue weighted by molar-refractivity contribution is 5.97. The molecule has 0 N–H and O–H groups in total. The molecular weight excluding hydrogens is 312 g/mol. The summed E-state index contributed by atoms with van der Waals surface area (Å²) in [6, 6.07) is 10.7. The van der Waals surface area contributed by atoms with Crippen LogP contribution in [0.5, 0.6) is 17.2 Å². The van der Waals surface area contributed by atoms with Gasteiger partial charge in [0.1, 0.15) is 5.76 Å². The van der Waals surface area contributed by atoms with Crippen molar-refractivity contribution in [2.24, 2.45) is 0 Å². The summed E-state index contributed by atoms with van der Waals surface area (Å²) >= 11 is 0. The van der Waals surface area contributed by atoms with Crippen LogP contribution in [0.3, 0.4) is 0 Å². The number of benzene rings is 2. The van der Waals surface area contributed by atoms with Crippen LogP contribution in [-0.2, 0) is 4.74 Å². The maximum absolute atomic E-state index is 11.8. The summed E-state index contributed by atoms with van der Waals surface area (Å²) in [4.78, 5) is 11.8. The van der Waals surface area contributed by atoms with Crippen LogP contribution in [-0.4, -0.2) is 27.0 Å². The van der Waals surface area contributed by atoms with Crippen molar-refractivity contribution in [3.8, 4) is 28.6 Å². The van der Waals surface area contributed by atoms with E-state index in [-0.39, 0.29) is 6.79 Å². The van der Waals surface area contributed by atoms with Gasteiger partial charge in [-0.25, -0.2) is 4.79 Å². The van der Waals surface area contributed by atoms with E-state index in [9.17, 15) is 4.79 Å². The minimum Gasteiger partial charge on any atom is -0.493 e. The minimum absolute atomic E-state index is 0.217. The molecule has 0 radical (unpaired) electrons. The Morgan fingerprint density at radius 2 is 1.88 bits per heavy atom. The monoisotopic (exact) mass is 326 g/mol. The smallest absolute Gasteiger partial charge is 0.338 e. The van der Waals surface area contributed by atoms with E-state index in [4.69, 9.17) is 23.4 Å². The number of methoxy groups -OCH3 is 2. The molecule has 1 aliphatic heterocycles. The molecule has 1 aliphatic rings. The molecule has 6 heteroatoms. The zero-order valence-electron chi connectivity index (χ0n) is 13.1. The van der Waals surface area contributed by atoms with Crippen LogP contribution in [0.1, 0.15) is 10.4 Å². The van der Waals surface area contributed by atoms with E-state index in [1.165, 1.54) is 14.2 Å².